The molecule has 1 rings (SSSR count). The lowest BCUT2D eigenvalue weighted by molar-refractivity contribution is -0.372. The van der Waals surface area contributed by atoms with Crippen molar-refractivity contribution in [3.05, 3.63) is 35.9 Å². The Balaban J connectivity index is 2.92. The van der Waals surface area contributed by atoms with Gasteiger partial charge in [-0.15, -0.1) is 0 Å². The molecule has 0 fully saturated rings. The maximum atomic E-state index is 12.9. The molecule has 0 radical (unpaired) electrons. The number of hydrogen-bond donors (Lipinski definition) is 1. The van der Waals surface area contributed by atoms with Crippen molar-refractivity contribution < 1.29 is 35.6 Å². The van der Waals surface area contributed by atoms with E-state index in [0.29, 0.717) is 5.56 Å². The molecular weight excluding hydrogens is 303 g/mol. The monoisotopic (exact) mass is 316 g/mol. The normalized spacial score (nSPS) is 15.9. The van der Waals surface area contributed by atoms with Crippen molar-refractivity contribution in [2.24, 2.45) is 0 Å². The molecule has 0 aliphatic carbocycles. The Labute approximate surface area is 113 Å². The first-order chi connectivity index (χ1) is 9.10. The minimum Gasteiger partial charge on any atom is -0.389 e. The van der Waals surface area contributed by atoms with Gasteiger partial charge in [0, 0.05) is 12.7 Å². The Morgan fingerprint density at radius 1 is 1.10 bits per heavy atom. The van der Waals surface area contributed by atoms with Crippen LogP contribution in [0.2, 0.25) is 0 Å². The van der Waals surface area contributed by atoms with Crippen molar-refractivity contribution in [1.82, 2.24) is 0 Å². The average molecular weight is 316 g/mol. The summed E-state index contributed by atoms with van der Waals surface area (Å²) in [5.41, 5.74) is 0.341. The Morgan fingerprint density at radius 3 is 2.10 bits per heavy atom. The molecule has 1 N–H and O–H groups in total. The first-order valence-electron chi connectivity index (χ1n) is 5.64. The SMILES string of the molecule is CCO[Si](O)(Cc1ccccc1)OC(F)(F)C(F)(F)F. The predicted molar refractivity (Wildman–Crippen MR) is 61.8 cm³/mol. The second-order valence-electron chi connectivity index (χ2n) is 3.92. The number of hydrogen-bond acceptors (Lipinski definition) is 3. The molecule has 0 aliphatic rings. The Hall–Kier alpha value is -1.03. The summed E-state index contributed by atoms with van der Waals surface area (Å²) in [6.07, 6.45) is -11.4. The van der Waals surface area contributed by atoms with E-state index in [2.05, 4.69) is 8.85 Å². The highest BCUT2D eigenvalue weighted by atomic mass is 28.4. The maximum Gasteiger partial charge on any atom is 0.507 e. The highest BCUT2D eigenvalue weighted by molar-refractivity contribution is 6.58. The van der Waals surface area contributed by atoms with Gasteiger partial charge in [-0.05, 0) is 12.5 Å². The van der Waals surface area contributed by atoms with Crippen molar-refractivity contribution >= 4 is 8.80 Å². The van der Waals surface area contributed by atoms with Gasteiger partial charge in [-0.3, -0.25) is 0 Å². The van der Waals surface area contributed by atoms with Gasteiger partial charge in [0.05, 0.1) is 0 Å². The molecule has 1 aromatic carbocycles. The second kappa shape index (κ2) is 6.16. The summed E-state index contributed by atoms with van der Waals surface area (Å²) < 4.78 is 70.5. The van der Waals surface area contributed by atoms with Crippen molar-refractivity contribution in [1.29, 1.82) is 0 Å². The quantitative estimate of drug-likeness (QED) is 0.648. The molecule has 20 heavy (non-hydrogen) atoms. The van der Waals surface area contributed by atoms with Gasteiger partial charge in [-0.2, -0.15) is 22.0 Å². The largest absolute Gasteiger partial charge is 0.507 e. The van der Waals surface area contributed by atoms with Gasteiger partial charge in [0.15, 0.2) is 0 Å². The molecule has 1 aromatic rings. The van der Waals surface area contributed by atoms with Crippen LogP contribution in [0.5, 0.6) is 0 Å². The maximum absolute atomic E-state index is 12.9. The summed E-state index contributed by atoms with van der Waals surface area (Å²) >= 11 is 0. The molecule has 0 bridgehead atoms. The minimum atomic E-state index is -5.91. The molecule has 0 saturated carbocycles. The first-order valence-corrected chi connectivity index (χ1v) is 7.62. The fourth-order valence-electron chi connectivity index (χ4n) is 1.45. The summed E-state index contributed by atoms with van der Waals surface area (Å²) in [7, 11) is -4.71. The Kier molecular flexibility index (Phi) is 5.25. The van der Waals surface area contributed by atoms with Gasteiger partial charge in [-0.1, -0.05) is 30.3 Å². The standard InChI is InChI=1S/C11H13F5O3Si/c1-2-18-20(17,8-9-6-4-3-5-7-9)19-11(15,16)10(12,13)14/h3-7,17H,2,8H2,1H3. The van der Waals surface area contributed by atoms with Crippen LogP contribution in [0, 0.1) is 0 Å². The predicted octanol–water partition coefficient (Wildman–Crippen LogP) is 2.91. The number of rotatable bonds is 6. The van der Waals surface area contributed by atoms with Gasteiger partial charge >= 0.3 is 21.1 Å². The third kappa shape index (κ3) is 4.51. The van der Waals surface area contributed by atoms with Gasteiger partial charge in [0.25, 0.3) is 0 Å². The van der Waals surface area contributed by atoms with Crippen LogP contribution in [0.3, 0.4) is 0 Å². The van der Waals surface area contributed by atoms with Crippen molar-refractivity contribution in [2.45, 2.75) is 25.3 Å². The molecule has 0 saturated heterocycles. The average Bonchev–Trinajstić information content (AvgIpc) is 2.27. The van der Waals surface area contributed by atoms with Crippen molar-refractivity contribution in [3.8, 4) is 0 Å². The van der Waals surface area contributed by atoms with Crippen LogP contribution in [0.1, 0.15) is 12.5 Å². The van der Waals surface area contributed by atoms with Gasteiger partial charge in [-0.25, -0.2) is 0 Å². The molecule has 0 spiro atoms. The van der Waals surface area contributed by atoms with E-state index < -0.39 is 27.1 Å². The lowest BCUT2D eigenvalue weighted by Gasteiger charge is -2.29. The summed E-state index contributed by atoms with van der Waals surface area (Å²) in [6, 6.07) is 7.14. The van der Waals surface area contributed by atoms with Crippen molar-refractivity contribution in [2.75, 3.05) is 6.61 Å². The van der Waals surface area contributed by atoms with Crippen LogP contribution in [0.4, 0.5) is 22.0 Å². The van der Waals surface area contributed by atoms with E-state index >= 15 is 0 Å². The third-order valence-electron chi connectivity index (χ3n) is 2.26. The van der Waals surface area contributed by atoms with Crippen LogP contribution in [0.25, 0.3) is 0 Å². The van der Waals surface area contributed by atoms with E-state index in [1.807, 2.05) is 0 Å². The molecule has 3 nitrogen and oxygen atoms in total. The molecule has 114 valence electrons. The minimum absolute atomic E-state index is 0.247. The number of halogens is 5. The summed E-state index contributed by atoms with van der Waals surface area (Å²) in [5, 5.41) is 0. The topological polar surface area (TPSA) is 38.7 Å². The zero-order valence-corrected chi connectivity index (χ0v) is 11.5. The lowest BCUT2D eigenvalue weighted by atomic mass is 10.2. The Bertz CT molecular complexity index is 426. The molecule has 0 aromatic heterocycles. The Morgan fingerprint density at radius 2 is 1.65 bits per heavy atom. The zero-order valence-electron chi connectivity index (χ0n) is 10.5. The van der Waals surface area contributed by atoms with Gasteiger partial charge < -0.3 is 13.6 Å². The van der Waals surface area contributed by atoms with Crippen LogP contribution in [-0.4, -0.2) is 32.5 Å². The zero-order chi connectivity index (χ0) is 15.4. The van der Waals surface area contributed by atoms with Gasteiger partial charge in [0.1, 0.15) is 0 Å². The van der Waals surface area contributed by atoms with Crippen LogP contribution in [-0.2, 0) is 14.9 Å². The highest BCUT2D eigenvalue weighted by Crippen LogP contribution is 2.38. The summed E-state index contributed by atoms with van der Waals surface area (Å²) in [4.78, 5) is 9.88. The van der Waals surface area contributed by atoms with E-state index in [1.54, 1.807) is 18.2 Å². The molecule has 9 heteroatoms. The molecule has 0 amide bonds. The van der Waals surface area contributed by atoms with E-state index in [0.717, 1.165) is 0 Å². The van der Waals surface area contributed by atoms with Gasteiger partial charge in [0.2, 0.25) is 0 Å². The smallest absolute Gasteiger partial charge is 0.389 e. The lowest BCUT2D eigenvalue weighted by Crippen LogP contribution is -2.55. The van der Waals surface area contributed by atoms with E-state index in [-0.39, 0.29) is 6.61 Å². The second-order valence-corrected chi connectivity index (χ2v) is 6.20. The summed E-state index contributed by atoms with van der Waals surface area (Å²) in [6.45, 7) is 1.11. The van der Waals surface area contributed by atoms with Crippen LogP contribution >= 0.6 is 0 Å². The van der Waals surface area contributed by atoms with Crippen LogP contribution < -0.4 is 0 Å². The van der Waals surface area contributed by atoms with E-state index in [4.69, 9.17) is 0 Å². The molecule has 1 unspecified atom stereocenters. The molecule has 0 heterocycles. The highest BCUT2D eigenvalue weighted by Gasteiger charge is 2.64. The van der Waals surface area contributed by atoms with E-state index in [9.17, 15) is 26.7 Å². The summed E-state index contributed by atoms with van der Waals surface area (Å²) in [5.74, 6) is 0. The van der Waals surface area contributed by atoms with E-state index in [1.165, 1.54) is 19.1 Å². The fraction of sp³-hybridized carbons (Fsp3) is 0.455. The number of benzene rings is 1. The molecule has 0 aliphatic heterocycles. The molecular formula is C11H13F5O3Si. The fourth-order valence-corrected chi connectivity index (χ4v) is 3.41. The van der Waals surface area contributed by atoms with Crippen molar-refractivity contribution in [3.63, 3.8) is 0 Å². The molecule has 1 atom stereocenters. The third-order valence-corrected chi connectivity index (χ3v) is 4.43. The van der Waals surface area contributed by atoms with Crippen LogP contribution in [0.15, 0.2) is 30.3 Å². The number of alkyl halides is 5. The first kappa shape index (κ1) is 17.0.